The summed E-state index contributed by atoms with van der Waals surface area (Å²) in [4.78, 5) is 21.9. The fraction of sp³-hybridized carbons (Fsp3) is 0.425. The standard InChI is InChI=1S/C40H44N4O4S/c45-24-26-8-10-31(11-9-26)36-19-35(25-49-39-41-12-3-13-42-39)47-37(48-36)34-7-2-6-33(18-34)32-5-1-4-27(17-32)23-43-38(46)44-40-20-28-14-29(21-40)16-30(15-28)22-40/h1-13,17-18,28-30,35-37,45H,14-16,19-25H2,(H2,43,44,46)/t28?,29?,30?,35-,36+,37+,40?/m0/s1. The fourth-order valence-corrected chi connectivity index (χ4v) is 9.83. The highest BCUT2D eigenvalue weighted by Gasteiger charge is 2.51. The molecule has 3 atom stereocenters. The molecule has 5 fully saturated rings. The van der Waals surface area contributed by atoms with E-state index in [1.54, 1.807) is 24.2 Å². The number of urea groups is 1. The van der Waals surface area contributed by atoms with Crippen molar-refractivity contribution in [3.63, 3.8) is 0 Å². The zero-order valence-corrected chi connectivity index (χ0v) is 28.5. The quantitative estimate of drug-likeness (QED) is 0.117. The van der Waals surface area contributed by atoms with Crippen molar-refractivity contribution in [2.24, 2.45) is 17.8 Å². The third kappa shape index (κ3) is 7.55. The van der Waals surface area contributed by atoms with Crippen molar-refractivity contribution < 1.29 is 19.4 Å². The number of rotatable bonds is 10. The molecule has 1 saturated heterocycles. The minimum Gasteiger partial charge on any atom is -0.392 e. The van der Waals surface area contributed by atoms with Crippen LogP contribution in [-0.4, -0.2) is 38.5 Å². The summed E-state index contributed by atoms with van der Waals surface area (Å²) in [6.45, 7) is 0.481. The minimum absolute atomic E-state index is 0.000705. The Bertz CT molecular complexity index is 1720. The van der Waals surface area contributed by atoms with Crippen molar-refractivity contribution in [1.29, 1.82) is 0 Å². The Morgan fingerprint density at radius 3 is 2.20 bits per heavy atom. The van der Waals surface area contributed by atoms with Crippen LogP contribution in [0.25, 0.3) is 11.1 Å². The number of nitrogens with one attached hydrogen (secondary N) is 2. The van der Waals surface area contributed by atoms with Crippen LogP contribution in [0.4, 0.5) is 4.79 Å². The lowest BCUT2D eigenvalue weighted by Crippen LogP contribution is -2.61. The molecule has 1 aromatic heterocycles. The van der Waals surface area contributed by atoms with Crippen molar-refractivity contribution in [2.45, 2.75) is 87.3 Å². The number of hydrogen-bond donors (Lipinski definition) is 3. The zero-order valence-electron chi connectivity index (χ0n) is 27.7. The first-order valence-corrected chi connectivity index (χ1v) is 18.6. The van der Waals surface area contributed by atoms with Gasteiger partial charge in [0.1, 0.15) is 0 Å². The fourth-order valence-electron chi connectivity index (χ4n) is 9.01. The largest absolute Gasteiger partial charge is 0.392 e. The number of hydrogen-bond acceptors (Lipinski definition) is 7. The van der Waals surface area contributed by atoms with E-state index < -0.39 is 6.29 Å². The summed E-state index contributed by atoms with van der Waals surface area (Å²) in [5.74, 6) is 3.07. The Kier molecular flexibility index (Phi) is 9.42. The topological polar surface area (TPSA) is 106 Å². The highest BCUT2D eigenvalue weighted by molar-refractivity contribution is 7.99. The Morgan fingerprint density at radius 1 is 0.796 bits per heavy atom. The van der Waals surface area contributed by atoms with Gasteiger partial charge in [-0.2, -0.15) is 0 Å². The summed E-state index contributed by atoms with van der Waals surface area (Å²) >= 11 is 1.58. The van der Waals surface area contributed by atoms with Gasteiger partial charge in [0, 0.05) is 42.2 Å². The Hall–Kier alpha value is -3.76. The van der Waals surface area contributed by atoms with Gasteiger partial charge in [-0.05, 0) is 102 Å². The number of ether oxygens (including phenoxy) is 2. The van der Waals surface area contributed by atoms with E-state index in [2.05, 4.69) is 63.1 Å². The first kappa shape index (κ1) is 32.4. The molecule has 4 saturated carbocycles. The van der Waals surface area contributed by atoms with Gasteiger partial charge in [-0.15, -0.1) is 0 Å². The average Bonchev–Trinajstić information content (AvgIpc) is 3.13. The molecule has 0 spiro atoms. The van der Waals surface area contributed by atoms with E-state index in [4.69, 9.17) is 9.47 Å². The number of nitrogens with zero attached hydrogens (tertiary/aromatic N) is 2. The summed E-state index contributed by atoms with van der Waals surface area (Å²) < 4.78 is 13.2. The van der Waals surface area contributed by atoms with Gasteiger partial charge in [0.2, 0.25) is 0 Å². The second kappa shape index (κ2) is 14.2. The molecule has 2 heterocycles. The molecule has 4 aliphatic carbocycles. The molecule has 1 aliphatic heterocycles. The van der Waals surface area contributed by atoms with Crippen LogP contribution in [0.15, 0.2) is 96.4 Å². The van der Waals surface area contributed by atoms with Crippen molar-refractivity contribution >= 4 is 17.8 Å². The maximum atomic E-state index is 13.1. The molecule has 9 heteroatoms. The first-order valence-electron chi connectivity index (χ1n) is 17.6. The van der Waals surface area contributed by atoms with Crippen molar-refractivity contribution in [1.82, 2.24) is 20.6 Å². The van der Waals surface area contributed by atoms with E-state index in [0.29, 0.717) is 18.7 Å². The van der Waals surface area contributed by atoms with Crippen LogP contribution in [0.5, 0.6) is 0 Å². The van der Waals surface area contributed by atoms with E-state index in [0.717, 1.165) is 75.6 Å². The van der Waals surface area contributed by atoms with E-state index >= 15 is 0 Å². The summed E-state index contributed by atoms with van der Waals surface area (Å²) in [7, 11) is 0. The van der Waals surface area contributed by atoms with E-state index in [1.807, 2.05) is 36.4 Å². The summed E-state index contributed by atoms with van der Waals surface area (Å²) in [6, 6.07) is 26.4. The molecule has 9 rings (SSSR count). The summed E-state index contributed by atoms with van der Waals surface area (Å²) in [5.41, 5.74) is 6.05. The zero-order chi connectivity index (χ0) is 33.2. The SMILES string of the molecule is O=C(NCc1cccc(-c2cccc([C@@H]3O[C@H](CSc4ncccn4)C[C@H](c4ccc(CO)cc4)O3)c2)c1)NC12CC3CC(CC(C3)C1)C2. The number of aromatic nitrogens is 2. The molecule has 5 aliphatic rings. The Morgan fingerprint density at radius 2 is 1.49 bits per heavy atom. The molecule has 49 heavy (non-hydrogen) atoms. The number of benzene rings is 3. The van der Waals surface area contributed by atoms with Gasteiger partial charge < -0.3 is 25.2 Å². The molecule has 2 amide bonds. The van der Waals surface area contributed by atoms with Gasteiger partial charge >= 0.3 is 6.03 Å². The molecular weight excluding hydrogens is 633 g/mol. The van der Waals surface area contributed by atoms with E-state index in [-0.39, 0.29) is 30.4 Å². The molecule has 4 aromatic rings. The number of carbonyl (C=O) groups is 1. The minimum atomic E-state index is -0.559. The van der Waals surface area contributed by atoms with Gasteiger partial charge in [0.05, 0.1) is 18.8 Å². The lowest BCUT2D eigenvalue weighted by molar-refractivity contribution is -0.245. The smallest absolute Gasteiger partial charge is 0.315 e. The van der Waals surface area contributed by atoms with Crippen LogP contribution in [-0.2, 0) is 22.6 Å². The molecule has 0 radical (unpaired) electrons. The highest BCUT2D eigenvalue weighted by Crippen LogP contribution is 2.55. The van der Waals surface area contributed by atoms with Crippen LogP contribution < -0.4 is 10.6 Å². The Balaban J connectivity index is 0.951. The molecule has 3 aromatic carbocycles. The number of amides is 2. The highest BCUT2D eigenvalue weighted by atomic mass is 32.2. The molecule has 0 unspecified atom stereocenters. The number of carbonyl (C=O) groups excluding carboxylic acids is 1. The second-order valence-electron chi connectivity index (χ2n) is 14.5. The van der Waals surface area contributed by atoms with Gasteiger partial charge in [-0.3, -0.25) is 0 Å². The molecule has 254 valence electrons. The normalized spacial score (nSPS) is 28.7. The van der Waals surface area contributed by atoms with Crippen LogP contribution in [0, 0.1) is 17.8 Å². The maximum Gasteiger partial charge on any atom is 0.315 e. The Labute approximate surface area is 292 Å². The molecular formula is C40H44N4O4S. The van der Waals surface area contributed by atoms with Crippen LogP contribution in [0.3, 0.4) is 0 Å². The third-order valence-electron chi connectivity index (χ3n) is 10.8. The lowest BCUT2D eigenvalue weighted by Gasteiger charge is -2.56. The second-order valence-corrected chi connectivity index (χ2v) is 15.5. The van der Waals surface area contributed by atoms with Crippen LogP contribution in [0.2, 0.25) is 0 Å². The van der Waals surface area contributed by atoms with Crippen LogP contribution in [0.1, 0.15) is 79.6 Å². The number of aliphatic hydroxyl groups excluding tert-OH is 1. The van der Waals surface area contributed by atoms with Gasteiger partial charge in [-0.25, -0.2) is 14.8 Å². The van der Waals surface area contributed by atoms with Crippen molar-refractivity contribution in [3.05, 3.63) is 114 Å². The van der Waals surface area contributed by atoms with E-state index in [1.165, 1.54) is 19.3 Å². The average molecular weight is 677 g/mol. The van der Waals surface area contributed by atoms with Crippen molar-refractivity contribution in [2.75, 3.05) is 5.75 Å². The predicted molar refractivity (Wildman–Crippen MR) is 189 cm³/mol. The van der Waals surface area contributed by atoms with Gasteiger partial charge in [0.15, 0.2) is 11.4 Å². The number of thioether (sulfide) groups is 1. The molecule has 4 bridgehead atoms. The first-order chi connectivity index (χ1) is 24.0. The molecule has 8 nitrogen and oxygen atoms in total. The molecule has 3 N–H and O–H groups in total. The lowest BCUT2D eigenvalue weighted by atomic mass is 9.53. The van der Waals surface area contributed by atoms with Gasteiger partial charge in [0.25, 0.3) is 0 Å². The number of aliphatic hydroxyl groups is 1. The predicted octanol–water partition coefficient (Wildman–Crippen LogP) is 7.74. The maximum absolute atomic E-state index is 13.1. The summed E-state index contributed by atoms with van der Waals surface area (Å²) in [6.07, 6.45) is 10.9. The third-order valence-corrected chi connectivity index (χ3v) is 11.9. The van der Waals surface area contributed by atoms with Crippen LogP contribution >= 0.6 is 11.8 Å². The van der Waals surface area contributed by atoms with Gasteiger partial charge in [-0.1, -0.05) is 72.4 Å². The van der Waals surface area contributed by atoms with Crippen molar-refractivity contribution in [3.8, 4) is 11.1 Å². The summed E-state index contributed by atoms with van der Waals surface area (Å²) in [5, 5.41) is 16.9. The van der Waals surface area contributed by atoms with E-state index in [9.17, 15) is 9.90 Å². The monoisotopic (exact) mass is 676 g/mol.